The molecular formula is C80H80Cl3I2N15O12S2. The van der Waals surface area contributed by atoms with Gasteiger partial charge in [0.15, 0.2) is 40.0 Å². The Morgan fingerprint density at radius 2 is 0.781 bits per heavy atom. The van der Waals surface area contributed by atoms with Crippen molar-refractivity contribution in [2.75, 3.05) is 37.1 Å². The van der Waals surface area contributed by atoms with E-state index >= 15 is 0 Å². The van der Waals surface area contributed by atoms with Crippen LogP contribution in [0.25, 0.3) is 44.7 Å². The van der Waals surface area contributed by atoms with Crippen molar-refractivity contribution in [3.63, 3.8) is 0 Å². The number of nitrogens with zero attached hydrogens (tertiary/aromatic N) is 12. The lowest BCUT2D eigenvalue weighted by atomic mass is 9.95. The molecule has 11 fully saturated rings. The van der Waals surface area contributed by atoms with Crippen molar-refractivity contribution < 1.29 is 57.8 Å². The molecule has 20 atom stereocenters. The van der Waals surface area contributed by atoms with Crippen molar-refractivity contribution in [2.24, 2.45) is 45.3 Å². The lowest BCUT2D eigenvalue weighted by molar-refractivity contribution is -0.164. The lowest BCUT2D eigenvalue weighted by Crippen LogP contribution is -2.36. The Kier molecular flexibility index (Phi) is 18.9. The lowest BCUT2D eigenvalue weighted by Gasteiger charge is -2.24. The Morgan fingerprint density at radius 3 is 1.13 bits per heavy atom. The van der Waals surface area contributed by atoms with E-state index in [4.69, 9.17) is 73.2 Å². The zero-order valence-electron chi connectivity index (χ0n) is 64.0. The second-order valence-corrected chi connectivity index (χ2v) is 38.9. The van der Waals surface area contributed by atoms with Gasteiger partial charge in [0.05, 0.1) is 118 Å². The molecule has 0 aromatic carbocycles. The fourth-order valence-corrected chi connectivity index (χ4v) is 23.6. The molecule has 8 aliphatic carbocycles. The molecule has 5 N–H and O–H groups in total. The molecule has 3 aliphatic heterocycles. The minimum absolute atomic E-state index is 0.00563. The van der Waals surface area contributed by atoms with Crippen LogP contribution in [0.1, 0.15) is 140 Å². The Balaban J connectivity index is 0.000000106. The largest absolute Gasteiger partial charge is 0.389 e. The number of thiophene rings is 2. The number of carbonyl (C=O) groups is 4. The number of Topliss-reactive ketones (excluding diaryl/α,β-unsaturated/α-hetero) is 4. The molecule has 0 radical (unpaired) electrons. The Labute approximate surface area is 705 Å². The molecule has 8 saturated carbocycles. The van der Waals surface area contributed by atoms with E-state index in [1.807, 2.05) is 103 Å². The average molecular weight is 1870 g/mol. The van der Waals surface area contributed by atoms with Gasteiger partial charge in [0.2, 0.25) is 0 Å². The summed E-state index contributed by atoms with van der Waals surface area (Å²) in [7, 11) is 5.53. The first-order valence-electron chi connectivity index (χ1n) is 37.6. The minimum Gasteiger partial charge on any atom is -0.389 e. The number of imidazole rings is 4. The van der Waals surface area contributed by atoms with E-state index in [9.17, 15) is 29.4 Å². The maximum atomic E-state index is 12.7. The molecule has 10 aromatic heterocycles. The van der Waals surface area contributed by atoms with Crippen LogP contribution in [-0.4, -0.2) is 179 Å². The SMILES string of the molecule is CC(=O)[C@@]12CC1[C@@H](n1cnc3c(Cl)cc(I)nc31)[C@@H]1OC(C)(C)OC12.CNc1cc(C#Cc2ccc(Cl)s2)nc2c1ncn2[C@@H]1C2C[C@@]2(C(C)=O)C(O)[C@H]1O.CNc1cc(C#Cc2ccc(Cl)s2)nc2c1ncn2[C@@H]1C2C[C@@]2(C(C)=O)C2OC(C)(C)O[C@H]21.CNc1cc(I)nc2c1ncn2[C@@H]1C2C[C@@]2(C(C)=O)C2OC(C)(C)O[C@H]21. The highest BCUT2D eigenvalue weighted by atomic mass is 127. The summed E-state index contributed by atoms with van der Waals surface area (Å²) < 4.78 is 48.4. The highest BCUT2D eigenvalue weighted by Gasteiger charge is 2.81. The Hall–Kier alpha value is -6.91. The number of anilines is 3. The summed E-state index contributed by atoms with van der Waals surface area (Å²) >= 11 is 25.5. The smallest absolute Gasteiger partial charge is 0.163 e. The van der Waals surface area contributed by atoms with Gasteiger partial charge in [-0.3, -0.25) is 19.2 Å². The van der Waals surface area contributed by atoms with Gasteiger partial charge in [-0.25, -0.2) is 39.9 Å². The molecule has 34 heteroatoms. The Morgan fingerprint density at radius 1 is 0.456 bits per heavy atom. The van der Waals surface area contributed by atoms with Crippen LogP contribution in [-0.2, 0) is 47.6 Å². The highest BCUT2D eigenvalue weighted by molar-refractivity contribution is 14.1. The normalized spacial score (nSPS) is 33.4. The van der Waals surface area contributed by atoms with E-state index in [1.165, 1.54) is 29.6 Å². The number of rotatable bonds is 11. The van der Waals surface area contributed by atoms with Crippen molar-refractivity contribution >= 4 is 188 Å². The number of carbonyl (C=O) groups excluding carboxylic acids is 4. The maximum absolute atomic E-state index is 12.7. The predicted octanol–water partition coefficient (Wildman–Crippen LogP) is 12.8. The minimum atomic E-state index is -1.09. The van der Waals surface area contributed by atoms with E-state index in [2.05, 4.69) is 124 Å². The fourth-order valence-electron chi connectivity index (χ4n) is 20.3. The number of pyridine rings is 4. The van der Waals surface area contributed by atoms with Gasteiger partial charge < -0.3 is 72.9 Å². The number of hydrogen-bond donors (Lipinski definition) is 5. The summed E-state index contributed by atoms with van der Waals surface area (Å²) in [5, 5.41) is 31.4. The van der Waals surface area contributed by atoms with Crippen LogP contribution in [0.15, 0.2) is 73.8 Å². The van der Waals surface area contributed by atoms with Gasteiger partial charge in [0, 0.05) is 21.1 Å². The van der Waals surface area contributed by atoms with Crippen molar-refractivity contribution in [1.29, 1.82) is 0 Å². The Bertz CT molecular complexity index is 5880. The molecule has 10 aromatic rings. The molecule has 0 bridgehead atoms. The number of aliphatic hydroxyl groups excluding tert-OH is 2. The molecule has 13 heterocycles. The fraction of sp³-hybridized carbons (Fsp3) is 0.500. The third-order valence-electron chi connectivity index (χ3n) is 25.5. The highest BCUT2D eigenvalue weighted by Crippen LogP contribution is 2.75. The van der Waals surface area contributed by atoms with Crippen molar-refractivity contribution in [2.45, 2.75) is 185 Å². The quantitative estimate of drug-likeness (QED) is 0.0456. The molecule has 0 spiro atoms. The number of fused-ring (bicyclic) bond motifs is 14. The molecular weight excluding hydrogens is 1790 g/mol. The van der Waals surface area contributed by atoms with E-state index in [1.54, 1.807) is 63.5 Å². The van der Waals surface area contributed by atoms with Crippen LogP contribution in [0.5, 0.6) is 0 Å². The third-order valence-corrected chi connectivity index (χ3v) is 29.2. The molecule has 27 nitrogen and oxygen atoms in total. The van der Waals surface area contributed by atoms with Crippen molar-refractivity contribution in [3.8, 4) is 23.7 Å². The zero-order valence-corrected chi connectivity index (χ0v) is 72.3. The van der Waals surface area contributed by atoms with Crippen molar-refractivity contribution in [3.05, 3.63) is 116 Å². The van der Waals surface area contributed by atoms with E-state index in [0.717, 1.165) is 81.5 Å². The summed E-state index contributed by atoms with van der Waals surface area (Å²) in [5.74, 6) is 11.2. The van der Waals surface area contributed by atoms with Crippen molar-refractivity contribution in [1.82, 2.24) is 58.1 Å². The van der Waals surface area contributed by atoms with Gasteiger partial charge in [-0.05, 0) is 236 Å². The second-order valence-electron chi connectivity index (χ2n) is 32.9. The molecule has 594 valence electrons. The summed E-state index contributed by atoms with van der Waals surface area (Å²) in [4.78, 5) is 88.6. The maximum Gasteiger partial charge on any atom is 0.163 e. The standard InChI is InChI=1S/C24H23ClN4O3S.C21H19ClN4O3S.C18H21IN4O3.C17H17ClIN3O3/c1-12(30)24-10-15(24)19(20-21(24)32-23(2,3)31-20)29-11-27-18-16(26-4)9-13(28-22(18)29)5-6-14-7-8-17(25)33-14;1-10(27)21-8-13(21)17(18(28)19(21)29)26-9-24-16-14(23-2)7-11(25-20(16)26)3-4-12-5-6-15(22)30-12;1-8(24)18-6-9(18)13(14-15(18)26-17(2,3)25-14)23-7-21-12-10(20-4)5-11(19)22-16(12)23;1-7(23)17-5-8(17)12(13-14(17)25-16(2,3)24-13)22-6-20-11-9(18)4-10(19)21-15(11)22/h7-9,11,15,19-21H,10H2,1-4H3,(H,26,28);5-7,9,13,17-19,28-29H,8H2,1-2H3,(H,23,25);5,7,9,13-15H,6H2,1-4H3,(H,20,22);4,6,8,12-14H,5H2,1-3H3/t15?,19-,20+,21?,24+;13?,17-,18+,19?,21+;9?,13-,14+,15?,18+;8?,12-,13+,14?,17+/m1111/s1. The average Bonchev–Trinajstić information content (AvgIpc) is 1.50. The first kappa shape index (κ1) is 78.3. The zero-order chi connectivity index (χ0) is 80.5. The van der Waals surface area contributed by atoms with Gasteiger partial charge in [0.1, 0.15) is 107 Å². The molecule has 114 heavy (non-hydrogen) atoms. The number of hydrogen-bond acceptors (Lipinski definition) is 25. The molecule has 0 amide bonds. The van der Waals surface area contributed by atoms with E-state index in [-0.39, 0.29) is 102 Å². The van der Waals surface area contributed by atoms with E-state index < -0.39 is 57.3 Å². The number of ether oxygens (including phenoxy) is 6. The molecule has 21 rings (SSSR count). The van der Waals surface area contributed by atoms with E-state index in [0.29, 0.717) is 48.2 Å². The summed E-state index contributed by atoms with van der Waals surface area (Å²) in [6, 6.07) is 14.3. The predicted molar refractivity (Wildman–Crippen MR) is 444 cm³/mol. The van der Waals surface area contributed by atoms with Gasteiger partial charge in [0.25, 0.3) is 0 Å². The summed E-state index contributed by atoms with van der Waals surface area (Å²) in [5.41, 5.74) is 7.27. The van der Waals surface area contributed by atoms with Crippen LogP contribution >= 0.6 is 103 Å². The van der Waals surface area contributed by atoms with Crippen LogP contribution in [0.4, 0.5) is 17.1 Å². The number of halogens is 5. The second kappa shape index (κ2) is 27.6. The number of nitrogens with one attached hydrogen (secondary N) is 3. The number of aliphatic hydroxyl groups is 2. The summed E-state index contributed by atoms with van der Waals surface area (Å²) in [6.45, 7) is 17.9. The van der Waals surface area contributed by atoms with Crippen LogP contribution in [0.2, 0.25) is 13.7 Å². The molecule has 8 unspecified atom stereocenters. The number of aromatic nitrogens is 12. The van der Waals surface area contributed by atoms with Gasteiger partial charge in [-0.1, -0.05) is 34.8 Å². The topological polar surface area (TPSA) is 323 Å². The summed E-state index contributed by atoms with van der Waals surface area (Å²) in [6.07, 6.45) is 6.64. The van der Waals surface area contributed by atoms with Crippen LogP contribution in [0, 0.1) is 76.4 Å². The number of ketones is 4. The van der Waals surface area contributed by atoms with Gasteiger partial charge in [-0.15, -0.1) is 22.7 Å². The van der Waals surface area contributed by atoms with Crippen LogP contribution < -0.4 is 16.0 Å². The first-order valence-corrected chi connectivity index (χ1v) is 42.6. The first-order chi connectivity index (χ1) is 54.1. The molecule has 11 aliphatic rings. The monoisotopic (exact) mass is 1870 g/mol. The third kappa shape index (κ3) is 12.2. The van der Waals surface area contributed by atoms with Crippen LogP contribution in [0.3, 0.4) is 0 Å². The van der Waals surface area contributed by atoms with Gasteiger partial charge >= 0.3 is 0 Å². The molecule has 3 saturated heterocycles. The van der Waals surface area contributed by atoms with Gasteiger partial charge in [-0.2, -0.15) is 0 Å².